The molecule has 3 rings (SSSR count). The molecular formula is C13H15N5O3. The van der Waals surface area contributed by atoms with Crippen molar-refractivity contribution >= 4 is 16.7 Å². The van der Waals surface area contributed by atoms with Gasteiger partial charge in [0, 0.05) is 6.20 Å². The highest BCUT2D eigenvalue weighted by molar-refractivity contribution is 5.81. The van der Waals surface area contributed by atoms with Gasteiger partial charge in [0.05, 0.1) is 35.3 Å². The first-order valence-corrected chi connectivity index (χ1v) is 6.46. The Morgan fingerprint density at radius 3 is 2.71 bits per heavy atom. The second-order valence-corrected chi connectivity index (χ2v) is 5.23. The molecule has 0 aliphatic carbocycles. The third kappa shape index (κ3) is 1.83. The van der Waals surface area contributed by atoms with Crippen molar-refractivity contribution in [1.82, 2.24) is 24.1 Å². The molecule has 0 aliphatic rings. The van der Waals surface area contributed by atoms with Crippen LogP contribution in [0.15, 0.2) is 23.4 Å². The van der Waals surface area contributed by atoms with E-state index in [2.05, 4.69) is 15.1 Å². The summed E-state index contributed by atoms with van der Waals surface area (Å²) in [5.41, 5.74) is -0.284. The topological polar surface area (TPSA) is 106 Å². The summed E-state index contributed by atoms with van der Waals surface area (Å²) in [4.78, 5) is 21.0. The van der Waals surface area contributed by atoms with E-state index in [0.29, 0.717) is 22.4 Å². The van der Waals surface area contributed by atoms with E-state index < -0.39 is 5.54 Å². The summed E-state index contributed by atoms with van der Waals surface area (Å²) in [5, 5.41) is 23.4. The number of fused-ring (bicyclic) bond motifs is 3. The summed E-state index contributed by atoms with van der Waals surface area (Å²) < 4.78 is 2.82. The highest BCUT2D eigenvalue weighted by Crippen LogP contribution is 2.17. The van der Waals surface area contributed by atoms with Crippen LogP contribution in [-0.4, -0.2) is 47.6 Å². The monoisotopic (exact) mass is 289 g/mol. The molecular weight excluding hydrogens is 274 g/mol. The average molecular weight is 289 g/mol. The van der Waals surface area contributed by atoms with Crippen LogP contribution in [0.25, 0.3) is 16.7 Å². The molecule has 0 amide bonds. The molecule has 8 heteroatoms. The molecule has 3 aromatic rings. The van der Waals surface area contributed by atoms with Crippen molar-refractivity contribution in [2.24, 2.45) is 0 Å². The van der Waals surface area contributed by atoms with Gasteiger partial charge in [-0.25, -0.2) is 4.98 Å². The van der Waals surface area contributed by atoms with Crippen molar-refractivity contribution < 1.29 is 10.2 Å². The fraction of sp³-hybridized carbons (Fsp3) is 0.385. The molecule has 8 nitrogen and oxygen atoms in total. The van der Waals surface area contributed by atoms with Gasteiger partial charge >= 0.3 is 0 Å². The number of rotatable bonds is 3. The summed E-state index contributed by atoms with van der Waals surface area (Å²) in [7, 11) is 0. The number of hydrogen-bond donors (Lipinski definition) is 2. The van der Waals surface area contributed by atoms with Gasteiger partial charge in [-0.05, 0) is 19.9 Å². The molecule has 3 heterocycles. The summed E-state index contributed by atoms with van der Waals surface area (Å²) in [6.07, 6.45) is 2.91. The van der Waals surface area contributed by atoms with Crippen LogP contribution < -0.4 is 5.56 Å². The van der Waals surface area contributed by atoms with Crippen LogP contribution >= 0.6 is 0 Å². The minimum Gasteiger partial charge on any atom is -0.394 e. The Kier molecular flexibility index (Phi) is 2.99. The molecule has 21 heavy (non-hydrogen) atoms. The van der Waals surface area contributed by atoms with Crippen molar-refractivity contribution in [3.05, 3.63) is 34.6 Å². The molecule has 0 saturated heterocycles. The van der Waals surface area contributed by atoms with Crippen LogP contribution in [-0.2, 0) is 5.54 Å². The Morgan fingerprint density at radius 2 is 2.05 bits per heavy atom. The lowest BCUT2D eigenvalue weighted by atomic mass is 10.0. The normalized spacial score (nSPS) is 12.4. The van der Waals surface area contributed by atoms with Gasteiger partial charge in [0.1, 0.15) is 6.33 Å². The zero-order valence-corrected chi connectivity index (χ0v) is 11.7. The maximum atomic E-state index is 12.7. The van der Waals surface area contributed by atoms with Gasteiger partial charge in [-0.1, -0.05) is 0 Å². The smallest absolute Gasteiger partial charge is 0.262 e. The lowest BCUT2D eigenvalue weighted by molar-refractivity contribution is 0.0755. The summed E-state index contributed by atoms with van der Waals surface area (Å²) >= 11 is 0. The first-order valence-electron chi connectivity index (χ1n) is 6.46. The van der Waals surface area contributed by atoms with E-state index in [1.54, 1.807) is 19.9 Å². The summed E-state index contributed by atoms with van der Waals surface area (Å²) in [6.45, 7) is 2.62. The van der Waals surface area contributed by atoms with E-state index in [1.807, 2.05) is 0 Å². The highest BCUT2D eigenvalue weighted by atomic mass is 16.3. The number of aliphatic hydroxyl groups is 2. The molecule has 0 bridgehead atoms. The van der Waals surface area contributed by atoms with E-state index in [4.69, 9.17) is 0 Å². The van der Waals surface area contributed by atoms with Crippen LogP contribution in [0.4, 0.5) is 0 Å². The SMILES string of the molecule is Cc1nc2ncnn2c2ccn(C(C)(CO)CO)c(=O)c12. The molecule has 0 aromatic carbocycles. The zero-order valence-electron chi connectivity index (χ0n) is 11.7. The van der Waals surface area contributed by atoms with Crippen molar-refractivity contribution in [1.29, 1.82) is 0 Å². The second-order valence-electron chi connectivity index (χ2n) is 5.23. The van der Waals surface area contributed by atoms with Gasteiger partial charge in [-0.3, -0.25) is 4.79 Å². The maximum absolute atomic E-state index is 12.7. The van der Waals surface area contributed by atoms with Crippen molar-refractivity contribution in [2.75, 3.05) is 13.2 Å². The Balaban J connectivity index is 2.44. The Labute approximate surface area is 119 Å². The van der Waals surface area contributed by atoms with E-state index in [1.165, 1.54) is 21.6 Å². The van der Waals surface area contributed by atoms with Gasteiger partial charge in [0.15, 0.2) is 0 Å². The fourth-order valence-electron chi connectivity index (χ4n) is 2.36. The van der Waals surface area contributed by atoms with Crippen LogP contribution in [0.5, 0.6) is 0 Å². The largest absolute Gasteiger partial charge is 0.394 e. The molecule has 110 valence electrons. The van der Waals surface area contributed by atoms with Gasteiger partial charge in [-0.15, -0.1) is 0 Å². The molecule has 0 atom stereocenters. The zero-order chi connectivity index (χ0) is 15.2. The minimum atomic E-state index is -1.07. The molecule has 0 spiro atoms. The van der Waals surface area contributed by atoms with Gasteiger partial charge in [-0.2, -0.15) is 14.6 Å². The quantitative estimate of drug-likeness (QED) is 0.670. The lowest BCUT2D eigenvalue weighted by Gasteiger charge is -2.27. The van der Waals surface area contributed by atoms with Crippen LogP contribution in [0.1, 0.15) is 12.6 Å². The number of nitrogens with zero attached hydrogens (tertiary/aromatic N) is 5. The minimum absolute atomic E-state index is 0.333. The van der Waals surface area contributed by atoms with Crippen LogP contribution in [0.3, 0.4) is 0 Å². The Bertz CT molecular complexity index is 879. The Morgan fingerprint density at radius 1 is 1.33 bits per heavy atom. The number of hydrogen-bond acceptors (Lipinski definition) is 6. The molecule has 0 unspecified atom stereocenters. The fourth-order valence-corrected chi connectivity index (χ4v) is 2.36. The number of aliphatic hydroxyl groups excluding tert-OH is 2. The van der Waals surface area contributed by atoms with Gasteiger partial charge < -0.3 is 14.8 Å². The summed E-state index contributed by atoms with van der Waals surface area (Å²) in [6, 6.07) is 1.71. The first kappa shape index (κ1) is 13.7. The van der Waals surface area contributed by atoms with Gasteiger partial charge in [0.2, 0.25) is 0 Å². The summed E-state index contributed by atoms with van der Waals surface area (Å²) in [5.74, 6) is 0.421. The van der Waals surface area contributed by atoms with Crippen molar-refractivity contribution in [3.63, 3.8) is 0 Å². The molecule has 0 radical (unpaired) electrons. The van der Waals surface area contributed by atoms with E-state index in [0.717, 1.165) is 0 Å². The second kappa shape index (κ2) is 4.61. The average Bonchev–Trinajstić information content (AvgIpc) is 2.94. The Hall–Kier alpha value is -2.32. The van der Waals surface area contributed by atoms with Crippen molar-refractivity contribution in [2.45, 2.75) is 19.4 Å². The number of aromatic nitrogens is 5. The van der Waals surface area contributed by atoms with E-state index >= 15 is 0 Å². The van der Waals surface area contributed by atoms with E-state index in [9.17, 15) is 15.0 Å². The molecule has 0 saturated carbocycles. The maximum Gasteiger partial charge on any atom is 0.262 e. The van der Waals surface area contributed by atoms with Crippen LogP contribution in [0, 0.1) is 6.92 Å². The lowest BCUT2D eigenvalue weighted by Crippen LogP contribution is -2.44. The van der Waals surface area contributed by atoms with Crippen molar-refractivity contribution in [3.8, 4) is 0 Å². The number of aryl methyl sites for hydroxylation is 1. The number of pyridine rings is 1. The molecule has 0 aliphatic heterocycles. The third-order valence-corrected chi connectivity index (χ3v) is 3.72. The molecule has 0 fully saturated rings. The predicted molar refractivity (Wildman–Crippen MR) is 75.1 cm³/mol. The third-order valence-electron chi connectivity index (χ3n) is 3.72. The molecule has 2 N–H and O–H groups in total. The first-order chi connectivity index (χ1) is 10.0. The van der Waals surface area contributed by atoms with Crippen LogP contribution in [0.2, 0.25) is 0 Å². The molecule has 3 aromatic heterocycles. The van der Waals surface area contributed by atoms with Gasteiger partial charge in [0.25, 0.3) is 11.3 Å². The van der Waals surface area contributed by atoms with E-state index in [-0.39, 0.29) is 18.8 Å². The standard InChI is InChI=1S/C13H15N5O3/c1-8-10-9(18-12(16-8)14-7-15-18)3-4-17(11(10)21)13(2,5-19)6-20/h3-4,7,19-20H,5-6H2,1-2H3. The predicted octanol–water partition coefficient (Wildman–Crippen LogP) is -0.553. The highest BCUT2D eigenvalue weighted by Gasteiger charge is 2.27.